The van der Waals surface area contributed by atoms with E-state index in [0.29, 0.717) is 0 Å². The van der Waals surface area contributed by atoms with E-state index in [9.17, 15) is 0 Å². The Labute approximate surface area is 77.0 Å². The summed E-state index contributed by atoms with van der Waals surface area (Å²) in [6, 6.07) is 2.20. The minimum Gasteiger partial charge on any atom is -0.151 e. The van der Waals surface area contributed by atoms with Crippen LogP contribution in [-0.2, 0) is 0 Å². The lowest BCUT2D eigenvalue weighted by atomic mass is 10.3. The summed E-state index contributed by atoms with van der Waals surface area (Å²) >= 11 is 3.76. The van der Waals surface area contributed by atoms with Crippen LogP contribution in [0.2, 0.25) is 0 Å². The summed E-state index contributed by atoms with van der Waals surface area (Å²) in [4.78, 5) is 1.44. The number of thiophene rings is 1. The molecule has 1 aromatic heterocycles. The van der Waals surface area contributed by atoms with E-state index < -0.39 is 0 Å². The predicted molar refractivity (Wildman–Crippen MR) is 54.6 cm³/mol. The third-order valence-corrected chi connectivity index (χ3v) is 3.42. The Morgan fingerprint density at radius 1 is 1.45 bits per heavy atom. The Balaban J connectivity index is 2.04. The first-order valence-electron chi connectivity index (χ1n) is 4.08. The summed E-state index contributed by atoms with van der Waals surface area (Å²) in [7, 11) is 0. The molecule has 0 aliphatic heterocycles. The van der Waals surface area contributed by atoms with Gasteiger partial charge in [-0.15, -0.1) is 11.8 Å². The van der Waals surface area contributed by atoms with Crippen LogP contribution < -0.4 is 0 Å². The van der Waals surface area contributed by atoms with Crippen molar-refractivity contribution in [2.24, 2.45) is 0 Å². The normalized spacial score (nSPS) is 10.3. The zero-order valence-electron chi connectivity index (χ0n) is 6.88. The molecule has 0 unspecified atom stereocenters. The Hall–Kier alpha value is 0.0500. The maximum absolute atomic E-state index is 2.25. The van der Waals surface area contributed by atoms with Gasteiger partial charge in [0.05, 0.1) is 0 Å². The second-order valence-corrected chi connectivity index (χ2v) is 4.46. The predicted octanol–water partition coefficient (Wildman–Crippen LogP) is 4.03. The lowest BCUT2D eigenvalue weighted by Gasteiger charge is -1.96. The van der Waals surface area contributed by atoms with Gasteiger partial charge in [0.25, 0.3) is 0 Å². The summed E-state index contributed by atoms with van der Waals surface area (Å²) in [6.07, 6.45) is 4.05. The molecular weight excluding hydrogens is 172 g/mol. The van der Waals surface area contributed by atoms with Crippen molar-refractivity contribution < 1.29 is 0 Å². The first kappa shape index (κ1) is 9.14. The highest BCUT2D eigenvalue weighted by Crippen LogP contribution is 2.21. The zero-order valence-corrected chi connectivity index (χ0v) is 8.51. The van der Waals surface area contributed by atoms with Gasteiger partial charge in [-0.25, -0.2) is 0 Å². The van der Waals surface area contributed by atoms with Crippen LogP contribution in [0.3, 0.4) is 0 Å². The van der Waals surface area contributed by atoms with E-state index >= 15 is 0 Å². The maximum atomic E-state index is 2.25. The average Bonchev–Trinajstić information content (AvgIpc) is 2.50. The molecule has 0 fully saturated rings. The van der Waals surface area contributed by atoms with Crippen LogP contribution in [0, 0.1) is 0 Å². The molecule has 0 bridgehead atoms. The van der Waals surface area contributed by atoms with Crippen molar-refractivity contribution >= 4 is 23.1 Å². The van der Waals surface area contributed by atoms with Crippen molar-refractivity contribution in [1.82, 2.24) is 0 Å². The molecule has 11 heavy (non-hydrogen) atoms. The van der Waals surface area contributed by atoms with Gasteiger partial charge in [-0.2, -0.15) is 11.3 Å². The molecule has 0 N–H and O–H groups in total. The van der Waals surface area contributed by atoms with Crippen LogP contribution >= 0.6 is 23.1 Å². The Morgan fingerprint density at radius 3 is 3.00 bits per heavy atom. The summed E-state index contributed by atoms with van der Waals surface area (Å²) in [5.41, 5.74) is 0. The van der Waals surface area contributed by atoms with E-state index in [0.717, 1.165) is 0 Å². The number of thioether (sulfide) groups is 1. The van der Waals surface area contributed by atoms with E-state index in [1.807, 2.05) is 11.8 Å². The zero-order chi connectivity index (χ0) is 7.94. The quantitative estimate of drug-likeness (QED) is 0.494. The molecule has 1 rings (SSSR count). The lowest BCUT2D eigenvalue weighted by molar-refractivity contribution is 0.778. The largest absolute Gasteiger partial charge is 0.151 e. The van der Waals surface area contributed by atoms with Crippen molar-refractivity contribution in [3.63, 3.8) is 0 Å². The van der Waals surface area contributed by atoms with Crippen molar-refractivity contribution in [2.45, 2.75) is 31.1 Å². The summed E-state index contributed by atoms with van der Waals surface area (Å²) < 4.78 is 0. The van der Waals surface area contributed by atoms with Crippen LogP contribution in [0.5, 0.6) is 0 Å². The van der Waals surface area contributed by atoms with Gasteiger partial charge in [0.2, 0.25) is 0 Å². The highest BCUT2D eigenvalue weighted by atomic mass is 32.2. The smallest absolute Gasteiger partial charge is 0.0179 e. The Morgan fingerprint density at radius 2 is 2.36 bits per heavy atom. The Kier molecular flexibility index (Phi) is 4.71. The van der Waals surface area contributed by atoms with E-state index in [2.05, 4.69) is 23.8 Å². The molecule has 0 saturated carbocycles. The van der Waals surface area contributed by atoms with Gasteiger partial charge in [-0.05, 0) is 23.6 Å². The molecule has 62 valence electrons. The highest BCUT2D eigenvalue weighted by molar-refractivity contribution is 7.99. The van der Waals surface area contributed by atoms with Crippen molar-refractivity contribution in [1.29, 1.82) is 0 Å². The van der Waals surface area contributed by atoms with Crippen LogP contribution in [0.4, 0.5) is 0 Å². The maximum Gasteiger partial charge on any atom is 0.0179 e. The summed E-state index contributed by atoms with van der Waals surface area (Å²) in [5.74, 6) is 1.28. The molecule has 0 atom stereocenters. The van der Waals surface area contributed by atoms with E-state index in [-0.39, 0.29) is 0 Å². The minimum absolute atomic E-state index is 1.28. The third kappa shape index (κ3) is 3.82. The van der Waals surface area contributed by atoms with Crippen molar-refractivity contribution in [3.05, 3.63) is 16.8 Å². The minimum atomic E-state index is 1.28. The molecule has 1 aromatic rings. The third-order valence-electron chi connectivity index (χ3n) is 1.51. The van der Waals surface area contributed by atoms with E-state index in [4.69, 9.17) is 0 Å². The lowest BCUT2D eigenvalue weighted by Crippen LogP contribution is -1.77. The number of rotatable bonds is 5. The summed E-state index contributed by atoms with van der Waals surface area (Å²) in [6.45, 7) is 2.25. The second kappa shape index (κ2) is 5.67. The highest BCUT2D eigenvalue weighted by Gasteiger charge is 1.92. The van der Waals surface area contributed by atoms with Crippen LogP contribution in [0.15, 0.2) is 21.7 Å². The number of hydrogen-bond donors (Lipinski definition) is 0. The molecule has 0 aliphatic rings. The van der Waals surface area contributed by atoms with Crippen molar-refractivity contribution in [2.75, 3.05) is 5.75 Å². The fourth-order valence-corrected chi connectivity index (χ4v) is 2.67. The van der Waals surface area contributed by atoms with E-state index in [1.54, 1.807) is 11.3 Å². The summed E-state index contributed by atoms with van der Waals surface area (Å²) in [5, 5.41) is 4.36. The van der Waals surface area contributed by atoms with Crippen molar-refractivity contribution in [3.8, 4) is 0 Å². The molecule has 0 nitrogen and oxygen atoms in total. The molecule has 0 aromatic carbocycles. The first-order chi connectivity index (χ1) is 5.43. The van der Waals surface area contributed by atoms with Gasteiger partial charge in [0.1, 0.15) is 0 Å². The molecular formula is C9H14S2. The van der Waals surface area contributed by atoms with Gasteiger partial charge in [-0.1, -0.05) is 19.8 Å². The molecule has 0 amide bonds. The standard InChI is InChI=1S/C9H14S2/c1-2-3-4-6-11-9-5-7-10-8-9/h5,7-8H,2-4,6H2,1H3. The van der Waals surface area contributed by atoms with Gasteiger partial charge in [0.15, 0.2) is 0 Å². The fourth-order valence-electron chi connectivity index (χ4n) is 0.876. The molecule has 0 spiro atoms. The van der Waals surface area contributed by atoms with Gasteiger partial charge in [0, 0.05) is 10.3 Å². The van der Waals surface area contributed by atoms with Gasteiger partial charge >= 0.3 is 0 Å². The van der Waals surface area contributed by atoms with Gasteiger partial charge in [-0.3, -0.25) is 0 Å². The molecule has 2 heteroatoms. The fraction of sp³-hybridized carbons (Fsp3) is 0.556. The number of hydrogen-bond acceptors (Lipinski definition) is 2. The van der Waals surface area contributed by atoms with Gasteiger partial charge < -0.3 is 0 Å². The van der Waals surface area contributed by atoms with Crippen LogP contribution in [0.25, 0.3) is 0 Å². The molecule has 0 radical (unpaired) electrons. The van der Waals surface area contributed by atoms with E-state index in [1.165, 1.54) is 29.9 Å². The van der Waals surface area contributed by atoms with Crippen LogP contribution in [-0.4, -0.2) is 5.75 Å². The first-order valence-corrected chi connectivity index (χ1v) is 6.01. The second-order valence-electron chi connectivity index (χ2n) is 2.51. The molecule has 0 saturated heterocycles. The Bertz CT molecular complexity index is 168. The average molecular weight is 186 g/mol. The number of unbranched alkanes of at least 4 members (excludes halogenated alkanes) is 2. The SMILES string of the molecule is CCCCCSc1ccsc1. The molecule has 0 aliphatic carbocycles. The topological polar surface area (TPSA) is 0 Å². The monoisotopic (exact) mass is 186 g/mol. The van der Waals surface area contributed by atoms with Crippen LogP contribution in [0.1, 0.15) is 26.2 Å². The molecule has 1 heterocycles.